The van der Waals surface area contributed by atoms with Gasteiger partial charge in [-0.2, -0.15) is 0 Å². The largest absolute Gasteiger partial charge is 0.501 e. The van der Waals surface area contributed by atoms with Gasteiger partial charge in [0.2, 0.25) is 0 Å². The van der Waals surface area contributed by atoms with Crippen molar-refractivity contribution in [1.29, 1.82) is 0 Å². The molecule has 0 spiro atoms. The summed E-state index contributed by atoms with van der Waals surface area (Å²) in [6, 6.07) is -0.358. The summed E-state index contributed by atoms with van der Waals surface area (Å²) in [5, 5.41) is 0. The van der Waals surface area contributed by atoms with Crippen molar-refractivity contribution in [3.63, 3.8) is 0 Å². The first-order valence-electron chi connectivity index (χ1n) is 5.21. The molecule has 0 bridgehead atoms. The first kappa shape index (κ1) is 11.2. The van der Waals surface area contributed by atoms with Crippen LogP contribution in [0.15, 0.2) is 11.8 Å². The van der Waals surface area contributed by atoms with Crippen LogP contribution in [0.5, 0.6) is 0 Å². The van der Waals surface area contributed by atoms with E-state index in [2.05, 4.69) is 13.8 Å². The Balaban J connectivity index is 2.50. The summed E-state index contributed by atoms with van der Waals surface area (Å²) in [5.74, 6) is 0.512. The minimum Gasteiger partial charge on any atom is -0.501 e. The number of rotatable bonds is 4. The monoisotopic (exact) mass is 197 g/mol. The van der Waals surface area contributed by atoms with Gasteiger partial charge in [0.1, 0.15) is 0 Å². The molecule has 2 N–H and O–H groups in total. The van der Waals surface area contributed by atoms with Crippen molar-refractivity contribution in [2.75, 3.05) is 6.61 Å². The average Bonchev–Trinajstić information content (AvgIpc) is 2.17. The lowest BCUT2D eigenvalue weighted by Gasteiger charge is -2.17. The SMILES string of the molecule is CC(C)CC(N)C(=O)C1=COCCC1. The van der Waals surface area contributed by atoms with Crippen molar-refractivity contribution in [2.45, 2.75) is 39.2 Å². The number of hydrogen-bond acceptors (Lipinski definition) is 3. The van der Waals surface area contributed by atoms with E-state index in [9.17, 15) is 4.79 Å². The predicted octanol–water partition coefficient (Wildman–Crippen LogP) is 1.62. The molecule has 0 saturated heterocycles. The molecule has 3 nitrogen and oxygen atoms in total. The van der Waals surface area contributed by atoms with E-state index >= 15 is 0 Å². The van der Waals surface area contributed by atoms with Crippen LogP contribution in [0.1, 0.15) is 33.1 Å². The third-order valence-corrected chi connectivity index (χ3v) is 2.31. The lowest BCUT2D eigenvalue weighted by Crippen LogP contribution is -2.33. The van der Waals surface area contributed by atoms with Crippen LogP contribution in [0, 0.1) is 5.92 Å². The fourth-order valence-electron chi connectivity index (χ4n) is 1.60. The number of ketones is 1. The fraction of sp³-hybridized carbons (Fsp3) is 0.727. The average molecular weight is 197 g/mol. The van der Waals surface area contributed by atoms with Crippen molar-refractivity contribution in [2.24, 2.45) is 11.7 Å². The van der Waals surface area contributed by atoms with E-state index in [4.69, 9.17) is 10.5 Å². The van der Waals surface area contributed by atoms with E-state index in [1.807, 2.05) is 0 Å². The van der Waals surface area contributed by atoms with Crippen molar-refractivity contribution in [3.8, 4) is 0 Å². The highest BCUT2D eigenvalue weighted by Gasteiger charge is 2.20. The second-order valence-electron chi connectivity index (χ2n) is 4.22. The molecule has 14 heavy (non-hydrogen) atoms. The lowest BCUT2D eigenvalue weighted by atomic mass is 9.95. The van der Waals surface area contributed by atoms with E-state index < -0.39 is 0 Å². The highest BCUT2D eigenvalue weighted by Crippen LogP contribution is 2.16. The van der Waals surface area contributed by atoms with Gasteiger partial charge < -0.3 is 10.5 Å². The maximum absolute atomic E-state index is 11.8. The zero-order valence-electron chi connectivity index (χ0n) is 8.95. The standard InChI is InChI=1S/C11H19NO2/c1-8(2)6-10(12)11(13)9-4-3-5-14-7-9/h7-8,10H,3-6,12H2,1-2H3. The summed E-state index contributed by atoms with van der Waals surface area (Å²) < 4.78 is 5.12. The highest BCUT2D eigenvalue weighted by atomic mass is 16.5. The van der Waals surface area contributed by atoms with Gasteiger partial charge in [0, 0.05) is 5.57 Å². The molecule has 0 amide bonds. The lowest BCUT2D eigenvalue weighted by molar-refractivity contribution is -0.117. The van der Waals surface area contributed by atoms with E-state index in [1.165, 1.54) is 0 Å². The molecule has 1 rings (SSSR count). The van der Waals surface area contributed by atoms with Gasteiger partial charge in [-0.1, -0.05) is 13.8 Å². The molecule has 1 unspecified atom stereocenters. The maximum Gasteiger partial charge on any atom is 0.178 e. The van der Waals surface area contributed by atoms with Gasteiger partial charge in [0.05, 0.1) is 18.9 Å². The van der Waals surface area contributed by atoms with Crippen molar-refractivity contribution in [1.82, 2.24) is 0 Å². The number of carbonyl (C=O) groups excluding carboxylic acids is 1. The Kier molecular flexibility index (Phi) is 4.14. The quantitative estimate of drug-likeness (QED) is 0.745. The zero-order chi connectivity index (χ0) is 10.6. The minimum atomic E-state index is -0.358. The molecular formula is C11H19NO2. The van der Waals surface area contributed by atoms with Crippen LogP contribution in [0.2, 0.25) is 0 Å². The first-order chi connectivity index (χ1) is 6.61. The van der Waals surface area contributed by atoms with Gasteiger partial charge in [-0.3, -0.25) is 4.79 Å². The van der Waals surface area contributed by atoms with E-state index in [0.29, 0.717) is 5.92 Å². The Labute approximate surface area is 85.3 Å². The first-order valence-corrected chi connectivity index (χ1v) is 5.21. The van der Waals surface area contributed by atoms with Gasteiger partial charge in [-0.15, -0.1) is 0 Å². The number of ether oxygens (including phenoxy) is 1. The molecular weight excluding hydrogens is 178 g/mol. The summed E-state index contributed by atoms with van der Waals surface area (Å²) in [7, 11) is 0. The van der Waals surface area contributed by atoms with Gasteiger partial charge in [-0.05, 0) is 25.2 Å². The topological polar surface area (TPSA) is 52.3 Å². The molecule has 1 heterocycles. The summed E-state index contributed by atoms with van der Waals surface area (Å²) in [6.45, 7) is 4.86. The molecule has 1 atom stereocenters. The van der Waals surface area contributed by atoms with Crippen molar-refractivity contribution < 1.29 is 9.53 Å². The minimum absolute atomic E-state index is 0.0541. The molecule has 0 fully saturated rings. The molecule has 0 saturated carbocycles. The predicted molar refractivity (Wildman–Crippen MR) is 55.7 cm³/mol. The third kappa shape index (κ3) is 3.14. The van der Waals surface area contributed by atoms with E-state index in [1.54, 1.807) is 6.26 Å². The van der Waals surface area contributed by atoms with Gasteiger partial charge in [0.15, 0.2) is 5.78 Å². The smallest absolute Gasteiger partial charge is 0.178 e. The number of hydrogen-bond donors (Lipinski definition) is 1. The summed E-state index contributed by atoms with van der Waals surface area (Å²) in [6.07, 6.45) is 4.05. The third-order valence-electron chi connectivity index (χ3n) is 2.31. The molecule has 3 heteroatoms. The fourth-order valence-corrected chi connectivity index (χ4v) is 1.60. The van der Waals surface area contributed by atoms with Crippen LogP contribution >= 0.6 is 0 Å². The zero-order valence-corrected chi connectivity index (χ0v) is 8.95. The summed E-state index contributed by atoms with van der Waals surface area (Å²) >= 11 is 0. The van der Waals surface area contributed by atoms with Crippen molar-refractivity contribution >= 4 is 5.78 Å². The van der Waals surface area contributed by atoms with Crippen molar-refractivity contribution in [3.05, 3.63) is 11.8 Å². The van der Waals surface area contributed by atoms with Crippen LogP contribution in [-0.2, 0) is 9.53 Å². The van der Waals surface area contributed by atoms with Gasteiger partial charge >= 0.3 is 0 Å². The molecule has 0 aromatic carbocycles. The Morgan fingerprint density at radius 2 is 2.36 bits per heavy atom. The normalized spacial score (nSPS) is 18.7. The van der Waals surface area contributed by atoms with Gasteiger partial charge in [-0.25, -0.2) is 0 Å². The number of Topliss-reactive ketones (excluding diaryl/α,β-unsaturated/α-hetero) is 1. The Bertz CT molecular complexity index is 233. The number of carbonyl (C=O) groups is 1. The molecule has 80 valence electrons. The number of nitrogens with two attached hydrogens (primary N) is 1. The summed E-state index contributed by atoms with van der Waals surface area (Å²) in [4.78, 5) is 11.8. The maximum atomic E-state index is 11.8. The van der Waals surface area contributed by atoms with Gasteiger partial charge in [0.25, 0.3) is 0 Å². The Morgan fingerprint density at radius 3 is 2.86 bits per heavy atom. The highest BCUT2D eigenvalue weighted by molar-refractivity contribution is 5.99. The Hall–Kier alpha value is -0.830. The van der Waals surface area contributed by atoms with Crippen LogP contribution in [0.4, 0.5) is 0 Å². The molecule has 0 aromatic heterocycles. The van der Waals surface area contributed by atoms with Crippen LogP contribution in [0.3, 0.4) is 0 Å². The second-order valence-corrected chi connectivity index (χ2v) is 4.22. The molecule has 0 radical (unpaired) electrons. The second kappa shape index (κ2) is 5.15. The van der Waals surface area contributed by atoms with Crippen LogP contribution in [-0.4, -0.2) is 18.4 Å². The molecule has 0 aliphatic carbocycles. The van der Waals surface area contributed by atoms with Crippen LogP contribution in [0.25, 0.3) is 0 Å². The van der Waals surface area contributed by atoms with E-state index in [-0.39, 0.29) is 11.8 Å². The molecule has 1 aliphatic rings. The summed E-state index contributed by atoms with van der Waals surface area (Å²) in [5.41, 5.74) is 6.56. The molecule has 1 aliphatic heterocycles. The molecule has 0 aromatic rings. The van der Waals surface area contributed by atoms with Crippen LogP contribution < -0.4 is 5.73 Å². The van der Waals surface area contributed by atoms with E-state index in [0.717, 1.165) is 31.4 Å². The Morgan fingerprint density at radius 1 is 1.64 bits per heavy atom.